The SMILES string of the molecule is COC(=O)c1ccc(NC(=O)Cn2c(=O)ncc3c2cnn3C2CCS(=O)(=O)C2)cc1. The van der Waals surface area contributed by atoms with Gasteiger partial charge in [-0.05, 0) is 30.7 Å². The minimum atomic E-state index is -3.12. The van der Waals surface area contributed by atoms with Crippen LogP contribution in [-0.4, -0.2) is 58.2 Å². The molecule has 0 saturated carbocycles. The molecule has 1 amide bonds. The molecule has 0 spiro atoms. The highest BCUT2D eigenvalue weighted by Gasteiger charge is 2.31. The van der Waals surface area contributed by atoms with E-state index < -0.39 is 27.4 Å². The Morgan fingerprint density at radius 3 is 2.58 bits per heavy atom. The van der Waals surface area contributed by atoms with E-state index in [0.29, 0.717) is 28.7 Å². The first-order valence-corrected chi connectivity index (χ1v) is 11.2. The first-order chi connectivity index (χ1) is 14.8. The predicted molar refractivity (Wildman–Crippen MR) is 111 cm³/mol. The second-order valence-electron chi connectivity index (χ2n) is 7.16. The van der Waals surface area contributed by atoms with Gasteiger partial charge in [-0.25, -0.2) is 18.0 Å². The molecule has 3 aromatic rings. The number of aromatic nitrogens is 4. The topological polar surface area (TPSA) is 142 Å². The molecule has 162 valence electrons. The first kappa shape index (κ1) is 20.7. The third kappa shape index (κ3) is 4.19. The third-order valence-electron chi connectivity index (χ3n) is 5.08. The summed E-state index contributed by atoms with van der Waals surface area (Å²) in [5.74, 6) is -0.901. The van der Waals surface area contributed by atoms with Crippen molar-refractivity contribution in [3.05, 3.63) is 52.7 Å². The molecule has 1 aromatic carbocycles. The maximum atomic E-state index is 12.5. The molecule has 12 heteroatoms. The van der Waals surface area contributed by atoms with Crippen molar-refractivity contribution < 1.29 is 22.7 Å². The zero-order valence-corrected chi connectivity index (χ0v) is 17.3. The maximum Gasteiger partial charge on any atom is 0.348 e. The molecule has 1 fully saturated rings. The van der Waals surface area contributed by atoms with Crippen LogP contribution < -0.4 is 11.0 Å². The first-order valence-electron chi connectivity index (χ1n) is 9.39. The van der Waals surface area contributed by atoms with Crippen molar-refractivity contribution in [3.63, 3.8) is 0 Å². The van der Waals surface area contributed by atoms with Gasteiger partial charge in [-0.2, -0.15) is 10.1 Å². The van der Waals surface area contributed by atoms with Crippen molar-refractivity contribution in [1.29, 1.82) is 0 Å². The minimum absolute atomic E-state index is 0.0229. The second-order valence-corrected chi connectivity index (χ2v) is 9.39. The molecule has 4 rings (SSSR count). The van der Waals surface area contributed by atoms with Crippen LogP contribution in [0.15, 0.2) is 41.5 Å². The monoisotopic (exact) mass is 445 g/mol. The fourth-order valence-corrected chi connectivity index (χ4v) is 5.24. The summed E-state index contributed by atoms with van der Waals surface area (Å²) < 4.78 is 31.0. The van der Waals surface area contributed by atoms with Crippen molar-refractivity contribution in [2.24, 2.45) is 0 Å². The minimum Gasteiger partial charge on any atom is -0.465 e. The number of nitrogens with one attached hydrogen (secondary N) is 1. The number of hydrogen-bond acceptors (Lipinski definition) is 8. The van der Waals surface area contributed by atoms with Gasteiger partial charge in [0.05, 0.1) is 48.1 Å². The van der Waals surface area contributed by atoms with E-state index in [2.05, 4.69) is 20.1 Å². The standard InChI is InChI=1S/C19H19N5O6S/c1-30-18(26)12-2-4-13(5-3-12)22-17(25)10-23-15-9-21-24(16(15)8-20-19(23)27)14-6-7-31(28,29)11-14/h2-5,8-9,14H,6-7,10-11H2,1H3,(H,22,25). The van der Waals surface area contributed by atoms with Gasteiger partial charge in [-0.3, -0.25) is 14.0 Å². The maximum absolute atomic E-state index is 12.5. The number of carbonyl (C=O) groups is 2. The van der Waals surface area contributed by atoms with Crippen LogP contribution in [0.5, 0.6) is 0 Å². The molecule has 2 aromatic heterocycles. The van der Waals surface area contributed by atoms with E-state index in [0.717, 1.165) is 0 Å². The van der Waals surface area contributed by atoms with Gasteiger partial charge in [0, 0.05) is 5.69 Å². The average molecular weight is 445 g/mol. The molecule has 11 nitrogen and oxygen atoms in total. The number of rotatable bonds is 5. The van der Waals surface area contributed by atoms with Gasteiger partial charge < -0.3 is 10.1 Å². The Labute approximate surface area is 176 Å². The van der Waals surface area contributed by atoms with E-state index in [4.69, 9.17) is 0 Å². The third-order valence-corrected chi connectivity index (χ3v) is 6.83. The lowest BCUT2D eigenvalue weighted by Gasteiger charge is -2.11. The molecule has 1 saturated heterocycles. The van der Waals surface area contributed by atoms with E-state index in [1.54, 1.807) is 16.8 Å². The lowest BCUT2D eigenvalue weighted by Crippen LogP contribution is -2.29. The van der Waals surface area contributed by atoms with Gasteiger partial charge in [0.25, 0.3) is 0 Å². The number of carbonyl (C=O) groups excluding carboxylic acids is 2. The Kier molecular flexibility index (Phi) is 5.31. The Hall–Kier alpha value is -3.54. The molecule has 1 aliphatic rings. The van der Waals surface area contributed by atoms with Crippen molar-refractivity contribution in [2.45, 2.75) is 19.0 Å². The summed E-state index contributed by atoms with van der Waals surface area (Å²) in [5, 5.41) is 6.90. The number of anilines is 1. The van der Waals surface area contributed by atoms with Gasteiger partial charge >= 0.3 is 11.7 Å². The molecule has 1 aliphatic heterocycles. The fourth-order valence-electron chi connectivity index (χ4n) is 3.55. The number of fused-ring (bicyclic) bond motifs is 1. The van der Waals surface area contributed by atoms with Crippen LogP contribution in [0.1, 0.15) is 22.8 Å². The van der Waals surface area contributed by atoms with Crippen molar-refractivity contribution >= 4 is 38.4 Å². The molecule has 31 heavy (non-hydrogen) atoms. The molecule has 3 heterocycles. The van der Waals surface area contributed by atoms with Crippen LogP contribution in [0.4, 0.5) is 5.69 Å². The van der Waals surface area contributed by atoms with E-state index in [-0.39, 0.29) is 24.1 Å². The number of benzene rings is 1. The number of hydrogen-bond donors (Lipinski definition) is 1. The van der Waals surface area contributed by atoms with Crippen molar-refractivity contribution in [2.75, 3.05) is 23.9 Å². The highest BCUT2D eigenvalue weighted by atomic mass is 32.2. The molecular weight excluding hydrogens is 426 g/mol. The van der Waals surface area contributed by atoms with Crippen LogP contribution in [-0.2, 0) is 25.9 Å². The Morgan fingerprint density at radius 2 is 1.94 bits per heavy atom. The quantitative estimate of drug-likeness (QED) is 0.555. The molecular formula is C19H19N5O6S. The van der Waals surface area contributed by atoms with Gasteiger partial charge in [0.15, 0.2) is 9.84 Å². The van der Waals surface area contributed by atoms with Crippen molar-refractivity contribution in [1.82, 2.24) is 19.3 Å². The number of sulfone groups is 1. The van der Waals surface area contributed by atoms with Gasteiger partial charge in [0.1, 0.15) is 12.1 Å². The smallest absolute Gasteiger partial charge is 0.348 e. The Bertz CT molecular complexity index is 1330. The van der Waals surface area contributed by atoms with Gasteiger partial charge in [0.2, 0.25) is 5.91 Å². The van der Waals surface area contributed by atoms with E-state index in [1.807, 2.05) is 0 Å². The van der Waals surface area contributed by atoms with E-state index in [9.17, 15) is 22.8 Å². The molecule has 0 bridgehead atoms. The number of methoxy groups -OCH3 is 1. The summed E-state index contributed by atoms with van der Waals surface area (Å²) in [6, 6.07) is 5.78. The zero-order chi connectivity index (χ0) is 22.2. The Balaban J connectivity index is 1.55. The largest absolute Gasteiger partial charge is 0.465 e. The summed E-state index contributed by atoms with van der Waals surface area (Å²) in [6.45, 7) is -0.309. The summed E-state index contributed by atoms with van der Waals surface area (Å²) in [4.78, 5) is 40.1. The summed E-state index contributed by atoms with van der Waals surface area (Å²) in [7, 11) is -1.84. The van der Waals surface area contributed by atoms with Gasteiger partial charge in [-0.1, -0.05) is 0 Å². The average Bonchev–Trinajstić information content (AvgIpc) is 3.33. The lowest BCUT2D eigenvalue weighted by atomic mass is 10.2. The van der Waals surface area contributed by atoms with Crippen LogP contribution >= 0.6 is 0 Å². The second kappa shape index (κ2) is 7.95. The molecule has 1 N–H and O–H groups in total. The van der Waals surface area contributed by atoms with Crippen LogP contribution in [0, 0.1) is 0 Å². The lowest BCUT2D eigenvalue weighted by molar-refractivity contribution is -0.116. The van der Waals surface area contributed by atoms with Crippen molar-refractivity contribution in [3.8, 4) is 0 Å². The normalized spacial score (nSPS) is 17.5. The highest BCUT2D eigenvalue weighted by Crippen LogP contribution is 2.26. The number of esters is 1. The fraction of sp³-hybridized carbons (Fsp3) is 0.316. The molecule has 0 radical (unpaired) electrons. The Morgan fingerprint density at radius 1 is 1.19 bits per heavy atom. The molecule has 0 aliphatic carbocycles. The summed E-state index contributed by atoms with van der Waals surface area (Å²) in [5.41, 5.74) is 1.03. The number of amides is 1. The van der Waals surface area contributed by atoms with Gasteiger partial charge in [-0.15, -0.1) is 0 Å². The van der Waals surface area contributed by atoms with E-state index >= 15 is 0 Å². The summed E-state index contributed by atoms with van der Waals surface area (Å²) in [6.07, 6.45) is 3.21. The highest BCUT2D eigenvalue weighted by molar-refractivity contribution is 7.91. The predicted octanol–water partition coefficient (Wildman–Crippen LogP) is 0.378. The van der Waals surface area contributed by atoms with Crippen LogP contribution in [0.2, 0.25) is 0 Å². The number of ether oxygens (including phenoxy) is 1. The van der Waals surface area contributed by atoms with Crippen LogP contribution in [0.3, 0.4) is 0 Å². The molecule has 1 unspecified atom stereocenters. The summed E-state index contributed by atoms with van der Waals surface area (Å²) >= 11 is 0. The van der Waals surface area contributed by atoms with Crippen LogP contribution in [0.25, 0.3) is 11.0 Å². The number of nitrogens with zero attached hydrogens (tertiary/aromatic N) is 4. The van der Waals surface area contributed by atoms with E-state index in [1.165, 1.54) is 36.2 Å². The molecule has 1 atom stereocenters. The zero-order valence-electron chi connectivity index (χ0n) is 16.5.